The number of aliphatic carboxylic acids is 1. The molecule has 186 valence electrons. The second-order valence-corrected chi connectivity index (χ2v) is 8.30. The zero-order valence-electron chi connectivity index (χ0n) is 18.1. The minimum atomic E-state index is -2.69. The molecule has 1 aromatic carbocycles. The topological polar surface area (TPSA) is 203 Å². The molecule has 0 spiro atoms. The van der Waals surface area contributed by atoms with E-state index in [1.54, 1.807) is 13.8 Å². The molecule has 7 N–H and O–H groups in total. The summed E-state index contributed by atoms with van der Waals surface area (Å²) in [5, 5.41) is 68.3. The summed E-state index contributed by atoms with van der Waals surface area (Å²) in [4.78, 5) is 23.5. The third kappa shape index (κ3) is 6.38. The van der Waals surface area contributed by atoms with E-state index in [2.05, 4.69) is 0 Å². The second kappa shape index (κ2) is 11.2. The van der Waals surface area contributed by atoms with Crippen molar-refractivity contribution < 1.29 is 59.5 Å². The molecule has 0 aromatic heterocycles. The molecule has 1 aromatic rings. The lowest BCUT2D eigenvalue weighted by molar-refractivity contribution is -0.277. The number of carbonyl (C=O) groups is 2. The average Bonchev–Trinajstić information content (AvgIpc) is 2.77. The van der Waals surface area contributed by atoms with Gasteiger partial charge in [0.15, 0.2) is 11.7 Å². The molecule has 12 heteroatoms. The zero-order valence-corrected chi connectivity index (χ0v) is 18.1. The van der Waals surface area contributed by atoms with Gasteiger partial charge >= 0.3 is 11.9 Å². The Morgan fingerprint density at radius 2 is 1.70 bits per heavy atom. The van der Waals surface area contributed by atoms with Crippen LogP contribution in [0.4, 0.5) is 0 Å². The maximum absolute atomic E-state index is 12.1. The van der Waals surface area contributed by atoms with E-state index in [4.69, 9.17) is 14.2 Å². The van der Waals surface area contributed by atoms with Crippen LogP contribution in [0.2, 0.25) is 0 Å². The summed E-state index contributed by atoms with van der Waals surface area (Å²) >= 11 is 0. The van der Waals surface area contributed by atoms with Gasteiger partial charge in [0.1, 0.15) is 36.8 Å². The highest BCUT2D eigenvalue weighted by atomic mass is 16.7. The first-order chi connectivity index (χ1) is 15.4. The van der Waals surface area contributed by atoms with Crippen molar-refractivity contribution in [1.82, 2.24) is 0 Å². The monoisotopic (exact) mass is 474 g/mol. The van der Waals surface area contributed by atoms with Crippen LogP contribution in [0, 0.1) is 5.92 Å². The summed E-state index contributed by atoms with van der Waals surface area (Å²) in [7, 11) is 0. The van der Waals surface area contributed by atoms with Crippen molar-refractivity contribution >= 4 is 11.9 Å². The molecule has 7 atom stereocenters. The van der Waals surface area contributed by atoms with Crippen molar-refractivity contribution in [2.45, 2.75) is 69.3 Å². The summed E-state index contributed by atoms with van der Waals surface area (Å²) in [5.74, 6) is -3.17. The Kier molecular flexibility index (Phi) is 9.14. The molecule has 0 saturated carbocycles. The Morgan fingerprint density at radius 1 is 1.09 bits per heavy atom. The minimum Gasteiger partial charge on any atom is -0.479 e. The minimum absolute atomic E-state index is 0.187. The molecule has 2 rings (SSSR count). The smallest absolute Gasteiger partial charge is 0.339 e. The molecular formula is C21H30O12. The molecule has 0 aliphatic carbocycles. The van der Waals surface area contributed by atoms with Gasteiger partial charge in [-0.05, 0) is 30.0 Å². The fourth-order valence-electron chi connectivity index (χ4n) is 3.33. The number of aliphatic hydroxyl groups excluding tert-OH is 5. The Hall–Kier alpha value is -2.32. The second-order valence-electron chi connectivity index (χ2n) is 8.30. The molecule has 12 nitrogen and oxygen atoms in total. The fourth-order valence-corrected chi connectivity index (χ4v) is 3.33. The van der Waals surface area contributed by atoms with Gasteiger partial charge in [-0.25, -0.2) is 9.59 Å². The van der Waals surface area contributed by atoms with Gasteiger partial charge in [0.2, 0.25) is 6.29 Å². The lowest BCUT2D eigenvalue weighted by Gasteiger charge is -2.39. The van der Waals surface area contributed by atoms with Crippen LogP contribution in [0.3, 0.4) is 0 Å². The summed E-state index contributed by atoms with van der Waals surface area (Å²) in [6.07, 6.45) is -9.83. The van der Waals surface area contributed by atoms with Crippen LogP contribution in [-0.4, -0.2) is 96.7 Å². The number of ether oxygens (including phenoxy) is 3. The SMILES string of the molecule is CC(C)C[C@](O)(C(=O)O)[C@H](O)C(=O)OCc1ccc(O[C@@H]2O[C@H](CO)[C@@H](O)[C@H](O)[C@H]2O)cc1. The Bertz CT molecular complexity index is 795. The number of carboxylic acid groups (broad SMARTS) is 1. The van der Waals surface area contributed by atoms with Gasteiger partial charge in [-0.3, -0.25) is 0 Å². The number of hydrogen-bond donors (Lipinski definition) is 7. The van der Waals surface area contributed by atoms with Crippen molar-refractivity contribution in [3.05, 3.63) is 29.8 Å². The lowest BCUT2D eigenvalue weighted by Crippen LogP contribution is -2.60. The molecule has 1 aliphatic heterocycles. The van der Waals surface area contributed by atoms with Crippen molar-refractivity contribution in [2.75, 3.05) is 6.61 Å². The van der Waals surface area contributed by atoms with Gasteiger partial charge < -0.3 is 50.0 Å². The molecular weight excluding hydrogens is 444 g/mol. The highest BCUT2D eigenvalue weighted by Gasteiger charge is 2.48. The first-order valence-electron chi connectivity index (χ1n) is 10.3. The highest BCUT2D eigenvalue weighted by molar-refractivity contribution is 5.87. The lowest BCUT2D eigenvalue weighted by atomic mass is 9.87. The van der Waals surface area contributed by atoms with Gasteiger partial charge in [-0.15, -0.1) is 0 Å². The Labute approximate surface area is 189 Å². The van der Waals surface area contributed by atoms with Crippen LogP contribution >= 0.6 is 0 Å². The van der Waals surface area contributed by atoms with Crippen molar-refractivity contribution in [1.29, 1.82) is 0 Å². The van der Waals surface area contributed by atoms with E-state index >= 15 is 0 Å². The van der Waals surface area contributed by atoms with Gasteiger partial charge in [0, 0.05) is 0 Å². The molecule has 1 fully saturated rings. The number of esters is 1. The maximum atomic E-state index is 12.1. The van der Waals surface area contributed by atoms with Gasteiger partial charge in [-0.1, -0.05) is 26.0 Å². The summed E-state index contributed by atoms with van der Waals surface area (Å²) < 4.78 is 15.6. The van der Waals surface area contributed by atoms with Crippen molar-refractivity contribution in [3.8, 4) is 5.75 Å². The number of carbonyl (C=O) groups excluding carboxylic acids is 1. The van der Waals surface area contributed by atoms with Crippen LogP contribution in [0.25, 0.3) is 0 Å². The van der Waals surface area contributed by atoms with Crippen LogP contribution in [0.5, 0.6) is 5.75 Å². The third-order valence-electron chi connectivity index (χ3n) is 5.17. The molecule has 0 radical (unpaired) electrons. The van der Waals surface area contributed by atoms with E-state index in [-0.39, 0.29) is 24.7 Å². The quantitative estimate of drug-likeness (QED) is 0.186. The Balaban J connectivity index is 1.96. The predicted molar refractivity (Wildman–Crippen MR) is 109 cm³/mol. The fraction of sp³-hybridized carbons (Fsp3) is 0.619. The maximum Gasteiger partial charge on any atom is 0.339 e. The number of rotatable bonds is 10. The molecule has 0 bridgehead atoms. The number of hydrogen-bond acceptors (Lipinski definition) is 11. The van der Waals surface area contributed by atoms with E-state index in [0.717, 1.165) is 0 Å². The van der Waals surface area contributed by atoms with Crippen molar-refractivity contribution in [2.24, 2.45) is 5.92 Å². The highest BCUT2D eigenvalue weighted by Crippen LogP contribution is 2.25. The molecule has 1 heterocycles. The van der Waals surface area contributed by atoms with E-state index in [9.17, 15) is 45.3 Å². The molecule has 1 aliphatic rings. The van der Waals surface area contributed by atoms with Crippen LogP contribution in [0.1, 0.15) is 25.8 Å². The standard InChI is InChI=1S/C21H30O12/c1-10(2)7-21(30,20(28)29)17(26)18(27)31-9-11-3-5-12(6-4-11)32-19-16(25)15(24)14(23)13(8-22)33-19/h3-6,10,13-17,19,22-26,30H,7-9H2,1-2H3,(H,28,29)/t13-,14-,15+,16-,17-,19-,21-/m1/s1. The first-order valence-corrected chi connectivity index (χ1v) is 10.3. The van der Waals surface area contributed by atoms with Crippen molar-refractivity contribution in [3.63, 3.8) is 0 Å². The van der Waals surface area contributed by atoms with E-state index < -0.39 is 61.0 Å². The van der Waals surface area contributed by atoms with Gasteiger partial charge in [0.05, 0.1) is 6.61 Å². The Morgan fingerprint density at radius 3 is 2.21 bits per heavy atom. The van der Waals surface area contributed by atoms with E-state index in [1.807, 2.05) is 0 Å². The van der Waals surface area contributed by atoms with E-state index in [0.29, 0.717) is 5.56 Å². The van der Waals surface area contributed by atoms with Crippen LogP contribution in [0.15, 0.2) is 24.3 Å². The molecule has 0 unspecified atom stereocenters. The number of carboxylic acids is 1. The number of benzene rings is 1. The predicted octanol–water partition coefficient (Wildman–Crippen LogP) is -1.87. The van der Waals surface area contributed by atoms with Gasteiger partial charge in [-0.2, -0.15) is 0 Å². The summed E-state index contributed by atoms with van der Waals surface area (Å²) in [5.41, 5.74) is -2.26. The molecule has 1 saturated heterocycles. The van der Waals surface area contributed by atoms with E-state index in [1.165, 1.54) is 24.3 Å². The largest absolute Gasteiger partial charge is 0.479 e. The number of aliphatic hydroxyl groups is 6. The summed E-state index contributed by atoms with van der Waals surface area (Å²) in [6.45, 7) is 2.31. The van der Waals surface area contributed by atoms with Gasteiger partial charge in [0.25, 0.3) is 0 Å². The average molecular weight is 474 g/mol. The first kappa shape index (κ1) is 26.9. The third-order valence-corrected chi connectivity index (χ3v) is 5.17. The van der Waals surface area contributed by atoms with Crippen LogP contribution < -0.4 is 4.74 Å². The summed E-state index contributed by atoms with van der Waals surface area (Å²) in [6, 6.07) is 5.79. The normalized spacial score (nSPS) is 28.1. The van der Waals surface area contributed by atoms with Crippen LogP contribution in [-0.2, 0) is 25.7 Å². The zero-order chi connectivity index (χ0) is 24.9. The molecule has 0 amide bonds. The molecule has 33 heavy (non-hydrogen) atoms.